The summed E-state index contributed by atoms with van der Waals surface area (Å²) in [4.78, 5) is 68.1. The van der Waals surface area contributed by atoms with Gasteiger partial charge in [-0.1, -0.05) is 103 Å². The molecule has 2 aliphatic rings. The molecule has 1 N–H and O–H groups in total. The maximum absolute atomic E-state index is 12.2. The van der Waals surface area contributed by atoms with Gasteiger partial charge in [-0.05, 0) is 188 Å². The number of benzene rings is 8. The Balaban J connectivity index is 0.000000722. The summed E-state index contributed by atoms with van der Waals surface area (Å²) in [5.41, 5.74) is 5.13. The van der Waals surface area contributed by atoms with Crippen LogP contribution >= 0.6 is 63.0 Å². The van der Waals surface area contributed by atoms with Crippen LogP contribution in [0.15, 0.2) is 243 Å². The smallest absolute Gasteiger partial charge is 0.373 e. The zero-order valence-electron chi connectivity index (χ0n) is 72.1. The van der Waals surface area contributed by atoms with Gasteiger partial charge >= 0.3 is 209 Å². The van der Waals surface area contributed by atoms with Crippen LogP contribution in [0.2, 0.25) is 26.6 Å². The van der Waals surface area contributed by atoms with Crippen LogP contribution in [0.25, 0.3) is 0 Å². The molecule has 2 fully saturated rings. The Morgan fingerprint density at radius 3 is 0.868 bits per heavy atom. The quantitative estimate of drug-likeness (QED) is 0.0161. The van der Waals surface area contributed by atoms with Crippen LogP contribution in [0.5, 0.6) is 40.2 Å². The molecule has 2 unspecified atom stereocenters. The topological polar surface area (TPSA) is 262 Å². The van der Waals surface area contributed by atoms with Crippen LogP contribution in [0.1, 0.15) is 162 Å². The Labute approximate surface area is 756 Å². The Hall–Kier alpha value is -6.70. The summed E-state index contributed by atoms with van der Waals surface area (Å²) in [5, 5.41) is 9.50. The van der Waals surface area contributed by atoms with Gasteiger partial charge < -0.3 is 19.3 Å². The SMILES string of the molecule is C=CCSc1ccc(O)cc1.C=CCSc1ccc(Oc2ccc(CC)cc2)cc1.CCC[CH2][Sn]([CH2]CCC)([CH2]CCC)[O][Sn]([CH2]CCC)([CH2]CCC)[CH2]CCC.CCc1ccc(Br)cc1.CCc1ccc(Oc2ccc(S(=O)(=O)CC3CS3)cc2)cc1.Cc1ccc(Oc2ccc(S(=O)(=O)CC3CS3)cc2)cc1.O=C=O.O=C=O.O=C=O.O=C=O. The van der Waals surface area contributed by atoms with Crippen molar-refractivity contribution in [1.29, 1.82) is 0 Å². The largest absolute Gasteiger partial charge is 0.457 e. The normalized spacial score (nSPS) is 12.4. The molecule has 10 rings (SSSR count). The molecule has 121 heavy (non-hydrogen) atoms. The molecule has 0 amide bonds. The van der Waals surface area contributed by atoms with E-state index in [0.717, 1.165) is 74.6 Å². The zero-order valence-corrected chi connectivity index (χ0v) is 84.3. The fourth-order valence-corrected chi connectivity index (χ4v) is 73.7. The third-order valence-electron chi connectivity index (χ3n) is 18.4. The minimum Gasteiger partial charge on any atom is -0.457 e. The van der Waals surface area contributed by atoms with Crippen molar-refractivity contribution in [2.45, 2.75) is 222 Å². The van der Waals surface area contributed by atoms with Gasteiger partial charge in [0.25, 0.3) is 0 Å². The van der Waals surface area contributed by atoms with Crippen LogP contribution in [0.4, 0.5) is 0 Å². The van der Waals surface area contributed by atoms with Crippen molar-refractivity contribution in [3.05, 3.63) is 246 Å². The number of carbonyl (C=O) groups excluding carboxylic acids is 8. The maximum Gasteiger partial charge on any atom is 0.373 e. The van der Waals surface area contributed by atoms with Gasteiger partial charge in [0.1, 0.15) is 40.2 Å². The van der Waals surface area contributed by atoms with E-state index < -0.39 is 57.3 Å². The van der Waals surface area contributed by atoms with Gasteiger partial charge in [0, 0.05) is 47.8 Å². The molecule has 8 aromatic carbocycles. The van der Waals surface area contributed by atoms with Gasteiger partial charge in [-0.15, -0.1) is 36.7 Å². The fourth-order valence-electron chi connectivity index (χ4n) is 11.7. The van der Waals surface area contributed by atoms with E-state index in [9.17, 15) is 16.8 Å². The number of unbranched alkanes of at least 4 members (excludes halogenated alkanes) is 6. The van der Waals surface area contributed by atoms with Crippen molar-refractivity contribution in [2.24, 2.45) is 0 Å². The number of hydrogen-bond donors (Lipinski definition) is 1. The molecule has 0 aliphatic carbocycles. The van der Waals surface area contributed by atoms with Gasteiger partial charge in [0.15, 0.2) is 19.7 Å². The second kappa shape index (κ2) is 68.6. The predicted octanol–water partition coefficient (Wildman–Crippen LogP) is 26.0. The molecular formula is C95H125BrO17S6Sn2. The average Bonchev–Trinajstić information content (AvgIpc) is 1.78. The predicted molar refractivity (Wildman–Crippen MR) is 503 cm³/mol. The molecule has 0 spiro atoms. The molecule has 658 valence electrons. The van der Waals surface area contributed by atoms with E-state index in [-0.39, 0.29) is 46.6 Å². The number of halogens is 1. The molecule has 0 radical (unpaired) electrons. The summed E-state index contributed by atoms with van der Waals surface area (Å²) in [6.45, 7) is 30.1. The number of sulfone groups is 2. The Kier molecular flexibility index (Phi) is 63.7. The van der Waals surface area contributed by atoms with E-state index in [2.05, 4.69) is 140 Å². The standard InChI is InChI=1S/C17H18O3S2.C17H18OS.C16H16O3S2.C9H10OS.C8H9Br.6C4H9.4CO2.O.2Sn/c1-2-13-3-5-14(6-4-13)20-15-7-9-17(10-8-15)22(18,19)12-16-11-21-16;1-3-13-19-17-11-9-16(10-12-17)18-15-7-5-14(4-2)6-8-15;1-12-2-4-13(5-3-12)19-14-6-8-16(9-7-14)21(17,18)11-15-10-20-15;1-2-7-11-9-5-3-8(10)4-6-9;1-2-7-3-5-8(9)6-4-7;6*1-3-4-2;4*2-1-3;;;/h3-10,16H,2,11-12H2,1H3;3,5-12H,1,4,13H2,2H3;2-9,15H,10-11H2,1H3;2-6,10H,1,7H2;3-6H,2H2,1H3;6*1,3-4H2,2H3;;;;;;;. The van der Waals surface area contributed by atoms with Gasteiger partial charge in [0.2, 0.25) is 0 Å². The first-order chi connectivity index (χ1) is 58.3. The number of phenols is 1. The third-order valence-corrected chi connectivity index (χ3v) is 67.7. The van der Waals surface area contributed by atoms with Crippen LogP contribution in [-0.4, -0.2) is 129 Å². The summed E-state index contributed by atoms with van der Waals surface area (Å²) in [7, 11) is -6.34. The number of thioether (sulfide) groups is 4. The van der Waals surface area contributed by atoms with E-state index in [1.54, 1.807) is 108 Å². The van der Waals surface area contributed by atoms with E-state index in [1.807, 2.05) is 104 Å². The molecule has 2 saturated heterocycles. The van der Waals surface area contributed by atoms with E-state index in [1.165, 1.54) is 131 Å². The van der Waals surface area contributed by atoms with Crippen molar-refractivity contribution in [2.75, 3.05) is 34.5 Å². The molecule has 0 saturated carbocycles. The summed E-state index contributed by atoms with van der Waals surface area (Å²) in [6.07, 6.45) is 24.8. The molecule has 2 aliphatic heterocycles. The molecule has 2 atom stereocenters. The molecule has 8 aromatic rings. The second-order valence-electron chi connectivity index (χ2n) is 28.1. The number of ether oxygens (including phenoxy) is 3. The van der Waals surface area contributed by atoms with Crippen LogP contribution in [-0.2, 0) is 78.7 Å². The van der Waals surface area contributed by atoms with Crippen LogP contribution in [0.3, 0.4) is 0 Å². The van der Waals surface area contributed by atoms with Crippen molar-refractivity contribution in [3.63, 3.8) is 0 Å². The first-order valence-corrected chi connectivity index (χ1v) is 63.9. The van der Waals surface area contributed by atoms with Crippen molar-refractivity contribution < 1.29 is 75.9 Å². The van der Waals surface area contributed by atoms with Gasteiger partial charge in [0.05, 0.1) is 21.3 Å². The molecule has 0 aromatic heterocycles. The van der Waals surface area contributed by atoms with E-state index in [4.69, 9.17) is 59.1 Å². The Bertz CT molecular complexity index is 4320. The maximum atomic E-state index is 12.2. The van der Waals surface area contributed by atoms with Crippen molar-refractivity contribution >= 4 is 145 Å². The van der Waals surface area contributed by atoms with E-state index in [0.29, 0.717) is 27.0 Å². The minimum absolute atomic E-state index is 0.232. The second-order valence-corrected chi connectivity index (χ2v) is 64.5. The molecule has 17 nitrogen and oxygen atoms in total. The van der Waals surface area contributed by atoms with Crippen LogP contribution < -0.4 is 14.2 Å². The minimum atomic E-state index is -3.17. The first kappa shape index (κ1) is 112. The monoisotopic (exact) mass is 2050 g/mol. The third kappa shape index (κ3) is 52.6. The summed E-state index contributed by atoms with van der Waals surface area (Å²) < 4.78 is 84.1. The number of rotatable bonds is 41. The van der Waals surface area contributed by atoms with Crippen molar-refractivity contribution in [1.82, 2.24) is 0 Å². The molecule has 26 heteroatoms. The van der Waals surface area contributed by atoms with Crippen LogP contribution in [0, 0.1) is 6.92 Å². The average molecular weight is 2050 g/mol. The Morgan fingerprint density at radius 2 is 0.628 bits per heavy atom. The molecule has 0 bridgehead atoms. The van der Waals surface area contributed by atoms with Gasteiger partial charge in [-0.3, -0.25) is 0 Å². The zero-order chi connectivity index (χ0) is 90.0. The number of aromatic hydroxyl groups is 1. The van der Waals surface area contributed by atoms with E-state index >= 15 is 0 Å². The van der Waals surface area contributed by atoms with Gasteiger partial charge in [-0.2, -0.15) is 61.9 Å². The Morgan fingerprint density at radius 1 is 0.397 bits per heavy atom. The molecule has 2 heterocycles. The number of phenolic OH excluding ortho intramolecular Hbond substituents is 1. The number of hydrogen-bond acceptors (Lipinski definition) is 21. The molecular weight excluding hydrogens is 1920 g/mol. The number of aryl methyl sites for hydroxylation is 4. The van der Waals surface area contributed by atoms with Gasteiger partial charge in [-0.25, -0.2) is 16.8 Å². The van der Waals surface area contributed by atoms with Crippen molar-refractivity contribution in [3.8, 4) is 40.2 Å². The summed E-state index contributed by atoms with van der Waals surface area (Å²) in [6, 6.07) is 60.9. The fraction of sp³-hybridized carbons (Fsp3) is 0.411. The summed E-state index contributed by atoms with van der Waals surface area (Å²) in [5.74, 6) is 9.04. The summed E-state index contributed by atoms with van der Waals surface area (Å²) >= 11 is 5.30. The first-order valence-electron chi connectivity index (χ1n) is 41.2.